The SMILES string of the molecule is C=[P+](C)CC(NC(=O)OC1CC2OCOC2C1)C(CO)CN(CC(C)C)S(=O)(=O)c1ccc(CO)cc1. The third-order valence-corrected chi connectivity index (χ3v) is 9.47. The lowest BCUT2D eigenvalue weighted by atomic mass is 10.0. The van der Waals surface area contributed by atoms with Gasteiger partial charge in [-0.25, -0.2) is 13.2 Å². The van der Waals surface area contributed by atoms with Crippen LogP contribution < -0.4 is 5.32 Å². The Morgan fingerprint density at radius 1 is 1.19 bits per heavy atom. The van der Waals surface area contributed by atoms with Crippen molar-refractivity contribution in [2.75, 3.05) is 39.3 Å². The summed E-state index contributed by atoms with van der Waals surface area (Å²) < 4.78 is 45.1. The topological polar surface area (TPSA) is 135 Å². The van der Waals surface area contributed by atoms with Crippen molar-refractivity contribution in [3.63, 3.8) is 0 Å². The number of hydrogen-bond donors (Lipinski definition) is 3. The van der Waals surface area contributed by atoms with Crippen molar-refractivity contribution >= 4 is 30.0 Å². The van der Waals surface area contributed by atoms with Gasteiger partial charge in [-0.3, -0.25) is 0 Å². The summed E-state index contributed by atoms with van der Waals surface area (Å²) in [6, 6.07) is 5.57. The maximum absolute atomic E-state index is 13.5. The first-order valence-corrected chi connectivity index (χ1v) is 16.2. The minimum atomic E-state index is -3.89. The Balaban J connectivity index is 1.74. The van der Waals surface area contributed by atoms with Gasteiger partial charge in [-0.1, -0.05) is 26.0 Å². The second-order valence-electron chi connectivity index (χ2n) is 10.3. The molecule has 37 heavy (non-hydrogen) atoms. The summed E-state index contributed by atoms with van der Waals surface area (Å²) >= 11 is 0. The fourth-order valence-electron chi connectivity index (χ4n) is 4.73. The smallest absolute Gasteiger partial charge is 0.407 e. The third-order valence-electron chi connectivity index (χ3n) is 6.61. The number of benzene rings is 1. The molecule has 3 N–H and O–H groups in total. The van der Waals surface area contributed by atoms with Gasteiger partial charge in [-0.05, 0) is 23.6 Å². The number of aliphatic hydroxyl groups excluding tert-OH is 2. The largest absolute Gasteiger partial charge is 0.446 e. The molecule has 1 saturated heterocycles. The number of amides is 1. The Bertz CT molecular complexity index is 1010. The summed E-state index contributed by atoms with van der Waals surface area (Å²) in [7, 11) is -4.60. The summed E-state index contributed by atoms with van der Waals surface area (Å²) in [5.41, 5.74) is 0.612. The standard InChI is InChI=1S/C25H39N2O8PS/c1-17(2)11-27(37(31,32)21-7-5-18(13-28)6-8-21)12-19(14-29)22(15-36(3)4)26-25(30)35-20-9-23-24(10-20)34-16-33-23/h5-8,17,19-20,22-24,28-29H,3,9-16H2,1-2,4H3/p+1. The van der Waals surface area contributed by atoms with Gasteiger partial charge < -0.3 is 29.7 Å². The van der Waals surface area contributed by atoms with E-state index in [0.29, 0.717) is 24.6 Å². The number of carbonyl (C=O) groups is 1. The number of aliphatic hydroxyl groups is 2. The fraction of sp³-hybridized carbons (Fsp3) is 0.680. The summed E-state index contributed by atoms with van der Waals surface area (Å²) in [6.45, 7) is 5.82. The predicted octanol–water partition coefficient (Wildman–Crippen LogP) is 1.98. The van der Waals surface area contributed by atoms with Crippen LogP contribution in [-0.2, 0) is 30.8 Å². The van der Waals surface area contributed by atoms with Crippen molar-refractivity contribution in [3.05, 3.63) is 29.8 Å². The molecule has 1 aliphatic carbocycles. The van der Waals surface area contributed by atoms with E-state index in [9.17, 15) is 23.4 Å². The van der Waals surface area contributed by atoms with Gasteiger partial charge in [-0.15, -0.1) is 0 Å². The van der Waals surface area contributed by atoms with Crippen LogP contribution in [0.2, 0.25) is 0 Å². The van der Waals surface area contributed by atoms with Gasteiger partial charge in [0.25, 0.3) is 0 Å². The second kappa shape index (κ2) is 13.5. The lowest BCUT2D eigenvalue weighted by Gasteiger charge is -2.31. The van der Waals surface area contributed by atoms with E-state index in [4.69, 9.17) is 14.2 Å². The molecule has 3 rings (SSSR count). The van der Waals surface area contributed by atoms with Gasteiger partial charge in [0, 0.05) is 38.5 Å². The highest BCUT2D eigenvalue weighted by atomic mass is 32.2. The molecule has 5 atom stereocenters. The average Bonchev–Trinajstić information content (AvgIpc) is 3.42. The number of nitrogens with zero attached hydrogens (tertiary/aromatic N) is 1. The number of ether oxygens (including phenoxy) is 3. The van der Waals surface area contributed by atoms with Crippen molar-refractivity contribution in [2.24, 2.45) is 11.8 Å². The molecule has 1 saturated carbocycles. The first kappa shape index (κ1) is 30.0. The molecule has 10 nitrogen and oxygen atoms in total. The Kier molecular flexibility index (Phi) is 10.9. The van der Waals surface area contributed by atoms with Gasteiger partial charge in [0.2, 0.25) is 10.0 Å². The summed E-state index contributed by atoms with van der Waals surface area (Å²) in [5.74, 6) is -0.538. The number of nitrogens with one attached hydrogen (secondary N) is 1. The number of alkyl carbamates (subject to hydrolysis) is 1. The molecule has 1 aromatic carbocycles. The quantitative estimate of drug-likeness (QED) is 0.313. The molecular weight excluding hydrogens is 519 g/mol. The number of fused-ring (bicyclic) bond motifs is 1. The van der Waals surface area contributed by atoms with Gasteiger partial charge in [0.15, 0.2) is 0 Å². The molecule has 0 bridgehead atoms. The van der Waals surface area contributed by atoms with Gasteiger partial charge >= 0.3 is 6.09 Å². The predicted molar refractivity (Wildman–Crippen MR) is 142 cm³/mol. The number of hydrogen-bond acceptors (Lipinski definition) is 8. The van der Waals surface area contributed by atoms with Crippen LogP contribution >= 0.6 is 7.55 Å². The Morgan fingerprint density at radius 2 is 1.81 bits per heavy atom. The first-order valence-electron chi connectivity index (χ1n) is 12.6. The van der Waals surface area contributed by atoms with E-state index >= 15 is 0 Å². The van der Waals surface area contributed by atoms with E-state index in [2.05, 4.69) is 11.6 Å². The number of rotatable bonds is 13. The molecule has 5 unspecified atom stereocenters. The van der Waals surface area contributed by atoms with Crippen molar-refractivity contribution in [2.45, 2.75) is 62.5 Å². The van der Waals surface area contributed by atoms with Crippen molar-refractivity contribution in [1.29, 1.82) is 0 Å². The molecule has 0 spiro atoms. The Labute approximate surface area is 220 Å². The highest BCUT2D eigenvalue weighted by Gasteiger charge is 2.42. The molecule has 208 valence electrons. The molecule has 1 aliphatic heterocycles. The van der Waals surface area contributed by atoms with E-state index < -0.39 is 35.6 Å². The van der Waals surface area contributed by atoms with Gasteiger partial charge in [0.1, 0.15) is 19.1 Å². The normalized spacial score (nSPS) is 23.6. The Morgan fingerprint density at radius 3 is 2.32 bits per heavy atom. The van der Waals surface area contributed by atoms with Crippen LogP contribution in [-0.4, -0.2) is 99.0 Å². The fourth-order valence-corrected chi connectivity index (χ4v) is 7.45. The molecule has 2 fully saturated rings. The minimum absolute atomic E-state index is 0.0160. The molecule has 2 aliphatic rings. The molecule has 1 aromatic rings. The zero-order valence-corrected chi connectivity index (χ0v) is 23.5. The zero-order chi connectivity index (χ0) is 27.2. The highest BCUT2D eigenvalue weighted by molar-refractivity contribution is 7.89. The van der Waals surface area contributed by atoms with Crippen LogP contribution in [0.1, 0.15) is 32.3 Å². The van der Waals surface area contributed by atoms with E-state index in [1.54, 1.807) is 12.1 Å². The summed E-state index contributed by atoms with van der Waals surface area (Å²) in [4.78, 5) is 12.9. The molecule has 0 aromatic heterocycles. The molecule has 1 heterocycles. The molecule has 1 amide bonds. The molecule has 0 radical (unpaired) electrons. The Hall–Kier alpha value is -1.59. The van der Waals surface area contributed by atoms with Crippen LogP contribution in [0.3, 0.4) is 0 Å². The number of sulfonamides is 1. The summed E-state index contributed by atoms with van der Waals surface area (Å²) in [5, 5.41) is 22.5. The maximum atomic E-state index is 13.5. The molecule has 12 heteroatoms. The van der Waals surface area contributed by atoms with Crippen molar-refractivity contribution in [1.82, 2.24) is 9.62 Å². The second-order valence-corrected chi connectivity index (χ2v) is 14.3. The van der Waals surface area contributed by atoms with E-state index in [0.717, 1.165) is 0 Å². The van der Waals surface area contributed by atoms with Crippen LogP contribution in [0.5, 0.6) is 0 Å². The lowest BCUT2D eigenvalue weighted by Crippen LogP contribution is -2.50. The zero-order valence-electron chi connectivity index (χ0n) is 21.8. The average molecular weight is 560 g/mol. The van der Waals surface area contributed by atoms with Crippen LogP contribution in [0.25, 0.3) is 0 Å². The summed E-state index contributed by atoms with van der Waals surface area (Å²) in [6.07, 6.45) is 4.65. The maximum Gasteiger partial charge on any atom is 0.407 e. The lowest BCUT2D eigenvalue weighted by molar-refractivity contribution is 0.00289. The van der Waals surface area contributed by atoms with Crippen LogP contribution in [0.15, 0.2) is 29.2 Å². The highest BCUT2D eigenvalue weighted by Crippen LogP contribution is 2.32. The minimum Gasteiger partial charge on any atom is -0.446 e. The number of carbonyl (C=O) groups excluding carboxylic acids is 1. The van der Waals surface area contributed by atoms with E-state index in [1.165, 1.54) is 16.4 Å². The van der Waals surface area contributed by atoms with Crippen LogP contribution in [0, 0.1) is 11.8 Å². The van der Waals surface area contributed by atoms with E-state index in [1.807, 2.05) is 20.5 Å². The first-order chi connectivity index (χ1) is 17.5. The third kappa shape index (κ3) is 8.20. The van der Waals surface area contributed by atoms with Gasteiger partial charge in [0.05, 0.1) is 50.3 Å². The van der Waals surface area contributed by atoms with Gasteiger partial charge in [-0.2, -0.15) is 4.31 Å². The van der Waals surface area contributed by atoms with Crippen molar-refractivity contribution in [3.8, 4) is 0 Å². The van der Waals surface area contributed by atoms with E-state index in [-0.39, 0.29) is 62.2 Å². The monoisotopic (exact) mass is 559 g/mol. The van der Waals surface area contributed by atoms with Crippen molar-refractivity contribution < 1.29 is 37.6 Å². The van der Waals surface area contributed by atoms with Crippen LogP contribution in [0.4, 0.5) is 4.79 Å². The molecular formula is C25H40N2O8PS+.